The summed E-state index contributed by atoms with van der Waals surface area (Å²) in [7, 11) is 0. The van der Waals surface area contributed by atoms with Crippen LogP contribution in [0.25, 0.3) is 0 Å². The fraction of sp³-hybridized carbons (Fsp3) is 0.594. The summed E-state index contributed by atoms with van der Waals surface area (Å²) in [5.74, 6) is -2.23. The number of amides is 4. The van der Waals surface area contributed by atoms with Gasteiger partial charge in [-0.15, -0.1) is 6.58 Å². The smallest absolute Gasteiger partial charge is 0.408 e. The highest BCUT2D eigenvalue weighted by atomic mass is 16.6. The lowest BCUT2D eigenvalue weighted by atomic mass is 9.95. The number of Topliss-reactive ketones (excluding diaryl/α,β-unsaturated/α-hetero) is 1. The predicted octanol–water partition coefficient (Wildman–Crippen LogP) is 2.83. The summed E-state index contributed by atoms with van der Waals surface area (Å²) in [5.41, 5.74) is 2.29. The van der Waals surface area contributed by atoms with Crippen LogP contribution in [-0.2, 0) is 36.8 Å². The molecular formula is C32H44N4O6. The van der Waals surface area contributed by atoms with E-state index < -0.39 is 41.8 Å². The monoisotopic (exact) mass is 580 g/mol. The molecular weight excluding hydrogens is 536 g/mol. The summed E-state index contributed by atoms with van der Waals surface area (Å²) in [6.07, 6.45) is 6.66. The lowest BCUT2D eigenvalue weighted by Gasteiger charge is -2.32. The molecule has 42 heavy (non-hydrogen) atoms. The van der Waals surface area contributed by atoms with Crippen molar-refractivity contribution in [1.82, 2.24) is 20.9 Å². The molecule has 10 nitrogen and oxygen atoms in total. The van der Waals surface area contributed by atoms with Gasteiger partial charge in [0.25, 0.3) is 5.91 Å². The molecule has 1 aromatic carbocycles. The lowest BCUT2D eigenvalue weighted by Crippen LogP contribution is -2.58. The largest absolute Gasteiger partial charge is 0.446 e. The number of carbonyl (C=O) groups excluding carboxylic acids is 5. The minimum atomic E-state index is -0.994. The molecule has 228 valence electrons. The lowest BCUT2D eigenvalue weighted by molar-refractivity contribution is -0.143. The first kappa shape index (κ1) is 31.3. The molecule has 0 aromatic heterocycles. The Morgan fingerprint density at radius 3 is 2.38 bits per heavy atom. The molecule has 0 radical (unpaired) electrons. The topological polar surface area (TPSA) is 134 Å². The zero-order valence-electron chi connectivity index (χ0n) is 24.7. The molecule has 1 aromatic rings. The van der Waals surface area contributed by atoms with Crippen molar-refractivity contribution in [1.29, 1.82) is 0 Å². The Morgan fingerprint density at radius 2 is 1.76 bits per heavy atom. The van der Waals surface area contributed by atoms with E-state index in [2.05, 4.69) is 29.5 Å². The molecule has 1 heterocycles. The normalized spacial score (nSPS) is 23.0. The number of benzene rings is 1. The molecule has 10 heteroatoms. The van der Waals surface area contributed by atoms with Crippen molar-refractivity contribution >= 4 is 29.6 Å². The molecule has 1 saturated carbocycles. The number of hydrogen-bond acceptors (Lipinski definition) is 6. The number of nitrogens with zero attached hydrogens (tertiary/aromatic N) is 1. The number of carbonyl (C=O) groups is 5. The molecule has 5 atom stereocenters. The highest BCUT2D eigenvalue weighted by molar-refractivity contribution is 6.38. The van der Waals surface area contributed by atoms with Crippen LogP contribution in [0.1, 0.15) is 69.9 Å². The molecule has 0 bridgehead atoms. The number of ether oxygens (including phenoxy) is 1. The molecule has 4 rings (SSSR count). The van der Waals surface area contributed by atoms with E-state index in [-0.39, 0.29) is 30.4 Å². The number of likely N-dealkylation sites (tertiary alicyclic amines) is 1. The first-order chi connectivity index (χ1) is 20.2. The Kier molecular flexibility index (Phi) is 10.8. The highest BCUT2D eigenvalue weighted by Gasteiger charge is 2.43. The molecule has 2 fully saturated rings. The van der Waals surface area contributed by atoms with Gasteiger partial charge in [-0.2, -0.15) is 0 Å². The second-order valence-corrected chi connectivity index (χ2v) is 11.8. The van der Waals surface area contributed by atoms with Gasteiger partial charge in [0.1, 0.15) is 18.2 Å². The number of nitrogens with one attached hydrogen (secondary N) is 3. The molecule has 1 saturated heterocycles. The minimum absolute atomic E-state index is 0.143. The van der Waals surface area contributed by atoms with Gasteiger partial charge in [-0.3, -0.25) is 19.2 Å². The Hall–Kier alpha value is -3.69. The van der Waals surface area contributed by atoms with Crippen LogP contribution >= 0.6 is 0 Å². The number of alkyl carbamates (subject to hydrolysis) is 1. The zero-order valence-corrected chi connectivity index (χ0v) is 24.7. The SMILES string of the molecule is C=CCNC(=O)C(=O)C(CCC)NC(=O)[C@@H]1CCCN1C(=O)[C@@H](NC(=O)OC1CCC[C@@H]1C)C1Cc2ccccc2C1. The fourth-order valence-corrected chi connectivity index (χ4v) is 6.51. The maximum absolute atomic E-state index is 14.1. The van der Waals surface area contributed by atoms with Crippen LogP contribution in [-0.4, -0.2) is 71.8 Å². The van der Waals surface area contributed by atoms with Crippen LogP contribution in [0.4, 0.5) is 4.79 Å². The zero-order chi connectivity index (χ0) is 30.2. The van der Waals surface area contributed by atoms with Gasteiger partial charge in [-0.05, 0) is 74.3 Å². The van der Waals surface area contributed by atoms with Crippen LogP contribution in [0, 0.1) is 11.8 Å². The molecule has 1 aliphatic heterocycles. The summed E-state index contributed by atoms with van der Waals surface area (Å²) >= 11 is 0. The van der Waals surface area contributed by atoms with Gasteiger partial charge >= 0.3 is 6.09 Å². The highest BCUT2D eigenvalue weighted by Crippen LogP contribution is 2.32. The first-order valence-electron chi connectivity index (χ1n) is 15.3. The summed E-state index contributed by atoms with van der Waals surface area (Å²) in [5, 5.41) is 8.10. The maximum atomic E-state index is 14.1. The van der Waals surface area contributed by atoms with E-state index in [1.807, 2.05) is 31.2 Å². The van der Waals surface area contributed by atoms with Crippen molar-refractivity contribution in [2.24, 2.45) is 11.8 Å². The average molecular weight is 581 g/mol. The predicted molar refractivity (Wildman–Crippen MR) is 157 cm³/mol. The van der Waals surface area contributed by atoms with E-state index in [9.17, 15) is 24.0 Å². The van der Waals surface area contributed by atoms with E-state index in [4.69, 9.17) is 4.74 Å². The summed E-state index contributed by atoms with van der Waals surface area (Å²) in [6, 6.07) is 5.34. The van der Waals surface area contributed by atoms with Crippen LogP contribution < -0.4 is 16.0 Å². The van der Waals surface area contributed by atoms with Gasteiger partial charge < -0.3 is 25.6 Å². The van der Waals surface area contributed by atoms with Crippen molar-refractivity contribution in [2.75, 3.05) is 13.1 Å². The van der Waals surface area contributed by atoms with Gasteiger partial charge in [0.05, 0.1) is 6.04 Å². The van der Waals surface area contributed by atoms with Crippen LogP contribution in [0.3, 0.4) is 0 Å². The number of ketones is 1. The van der Waals surface area contributed by atoms with Crippen molar-refractivity contribution in [3.63, 3.8) is 0 Å². The van der Waals surface area contributed by atoms with E-state index >= 15 is 0 Å². The number of rotatable bonds is 12. The van der Waals surface area contributed by atoms with Crippen molar-refractivity contribution < 1.29 is 28.7 Å². The minimum Gasteiger partial charge on any atom is -0.446 e. The van der Waals surface area contributed by atoms with E-state index in [1.54, 1.807) is 0 Å². The third-order valence-corrected chi connectivity index (χ3v) is 8.81. The molecule has 0 spiro atoms. The van der Waals surface area contributed by atoms with Crippen LogP contribution in [0.15, 0.2) is 36.9 Å². The third-order valence-electron chi connectivity index (χ3n) is 8.81. The van der Waals surface area contributed by atoms with Gasteiger partial charge in [0.15, 0.2) is 0 Å². The van der Waals surface area contributed by atoms with E-state index in [0.717, 1.165) is 30.4 Å². The summed E-state index contributed by atoms with van der Waals surface area (Å²) in [6.45, 7) is 7.96. The van der Waals surface area contributed by atoms with Gasteiger partial charge in [0, 0.05) is 13.1 Å². The van der Waals surface area contributed by atoms with Gasteiger partial charge in [-0.1, -0.05) is 50.6 Å². The summed E-state index contributed by atoms with van der Waals surface area (Å²) < 4.78 is 5.75. The maximum Gasteiger partial charge on any atom is 0.408 e. The molecule has 3 N–H and O–H groups in total. The molecule has 3 aliphatic rings. The number of fused-ring (bicyclic) bond motifs is 1. The first-order valence-corrected chi connectivity index (χ1v) is 15.3. The van der Waals surface area contributed by atoms with E-state index in [0.29, 0.717) is 45.1 Å². The standard InChI is InChI=1S/C32H44N4O6/c1-4-10-24(28(37)30(39)33-16-5-2)34-29(38)25-14-9-17-36(25)31(40)27(23-18-21-12-6-7-13-22(21)19-23)35-32(41)42-26-15-8-11-20(26)3/h5-7,12-13,20,23-27H,2,4,8-11,14-19H2,1,3H3,(H,33,39)(H,34,38)(H,35,41)/t20-,24?,25-,26?,27-/m0/s1. The Morgan fingerprint density at radius 1 is 1.05 bits per heavy atom. The van der Waals surface area contributed by atoms with E-state index in [1.165, 1.54) is 11.0 Å². The van der Waals surface area contributed by atoms with Gasteiger partial charge in [-0.25, -0.2) is 4.79 Å². The second-order valence-electron chi connectivity index (χ2n) is 11.8. The Balaban J connectivity index is 1.49. The molecule has 2 aliphatic carbocycles. The van der Waals surface area contributed by atoms with Crippen molar-refractivity contribution in [3.8, 4) is 0 Å². The number of hydrogen-bond donors (Lipinski definition) is 3. The van der Waals surface area contributed by atoms with Gasteiger partial charge in [0.2, 0.25) is 17.6 Å². The van der Waals surface area contributed by atoms with Crippen molar-refractivity contribution in [3.05, 3.63) is 48.0 Å². The summed E-state index contributed by atoms with van der Waals surface area (Å²) in [4.78, 5) is 67.3. The quantitative estimate of drug-likeness (QED) is 0.257. The Labute approximate surface area is 248 Å². The fourth-order valence-electron chi connectivity index (χ4n) is 6.51. The third kappa shape index (κ3) is 7.38. The van der Waals surface area contributed by atoms with Crippen LogP contribution in [0.5, 0.6) is 0 Å². The average Bonchev–Trinajstić information content (AvgIpc) is 3.73. The Bertz CT molecular complexity index is 1160. The molecule has 4 amide bonds. The second kappa shape index (κ2) is 14.5. The van der Waals surface area contributed by atoms with Crippen molar-refractivity contribution in [2.45, 2.75) is 95.9 Å². The van der Waals surface area contributed by atoms with Crippen LogP contribution in [0.2, 0.25) is 0 Å². The molecule has 2 unspecified atom stereocenters.